The van der Waals surface area contributed by atoms with Crippen molar-refractivity contribution in [2.45, 2.75) is 11.4 Å². The van der Waals surface area contributed by atoms with Crippen LogP contribution in [0.15, 0.2) is 79.8 Å². The summed E-state index contributed by atoms with van der Waals surface area (Å²) in [4.78, 5) is 39.4. The number of H-pyrrole nitrogens is 2. The zero-order valence-corrected chi connectivity index (χ0v) is 16.7. The van der Waals surface area contributed by atoms with E-state index in [0.29, 0.717) is 16.8 Å². The summed E-state index contributed by atoms with van der Waals surface area (Å²) in [7, 11) is -3.88. The fourth-order valence-corrected chi connectivity index (χ4v) is 3.87. The molecule has 2 aromatic heterocycles. The van der Waals surface area contributed by atoms with Gasteiger partial charge in [0, 0.05) is 12.2 Å². The van der Waals surface area contributed by atoms with Gasteiger partial charge in [0.25, 0.3) is 5.91 Å². The lowest BCUT2D eigenvalue weighted by Crippen LogP contribution is -2.29. The molecule has 0 spiro atoms. The number of carbonyl (C=O) groups excluding carboxylic acids is 1. The molecule has 31 heavy (non-hydrogen) atoms. The third-order valence-corrected chi connectivity index (χ3v) is 5.83. The number of benzene rings is 2. The molecule has 0 radical (unpaired) electrons. The van der Waals surface area contributed by atoms with Gasteiger partial charge in [0.2, 0.25) is 10.0 Å². The van der Waals surface area contributed by atoms with Crippen LogP contribution in [0.5, 0.6) is 0 Å². The highest BCUT2D eigenvalue weighted by molar-refractivity contribution is 7.89. The van der Waals surface area contributed by atoms with Crippen LogP contribution in [-0.2, 0) is 16.6 Å². The molecule has 4 rings (SSSR count). The van der Waals surface area contributed by atoms with Gasteiger partial charge in [-0.25, -0.2) is 13.1 Å². The fourth-order valence-electron chi connectivity index (χ4n) is 2.83. The van der Waals surface area contributed by atoms with Crippen LogP contribution in [-0.4, -0.2) is 24.3 Å². The normalized spacial score (nSPS) is 11.5. The largest absolute Gasteiger partial charge is 0.459 e. The van der Waals surface area contributed by atoms with Gasteiger partial charge >= 0.3 is 11.1 Å². The second-order valence-corrected chi connectivity index (χ2v) is 8.34. The van der Waals surface area contributed by atoms with Gasteiger partial charge in [-0.15, -0.1) is 0 Å². The molecule has 0 saturated heterocycles. The van der Waals surface area contributed by atoms with Gasteiger partial charge in [0.05, 0.1) is 22.2 Å². The van der Waals surface area contributed by atoms with E-state index in [1.54, 1.807) is 36.4 Å². The molecule has 1 amide bonds. The third kappa shape index (κ3) is 4.47. The molecule has 0 atom stereocenters. The summed E-state index contributed by atoms with van der Waals surface area (Å²) in [6.45, 7) is 0.00885. The first-order valence-electron chi connectivity index (χ1n) is 9.02. The van der Waals surface area contributed by atoms with E-state index in [-0.39, 0.29) is 22.7 Å². The molecule has 158 valence electrons. The van der Waals surface area contributed by atoms with E-state index in [2.05, 4.69) is 20.0 Å². The number of amides is 1. The smallest absolute Gasteiger partial charge is 0.314 e. The minimum atomic E-state index is -3.88. The minimum Gasteiger partial charge on any atom is -0.459 e. The molecule has 0 saturated carbocycles. The number of furan rings is 1. The molecule has 2 aromatic carbocycles. The van der Waals surface area contributed by atoms with Crippen LogP contribution in [0.4, 0.5) is 5.69 Å². The maximum atomic E-state index is 12.6. The summed E-state index contributed by atoms with van der Waals surface area (Å²) >= 11 is 0. The van der Waals surface area contributed by atoms with Crippen molar-refractivity contribution >= 4 is 32.7 Å². The van der Waals surface area contributed by atoms with E-state index < -0.39 is 27.0 Å². The van der Waals surface area contributed by atoms with Gasteiger partial charge in [-0.3, -0.25) is 14.4 Å². The monoisotopic (exact) mass is 440 g/mol. The molecule has 0 aliphatic rings. The fraction of sp³-hybridized carbons (Fsp3) is 0.0500. The highest BCUT2D eigenvalue weighted by Crippen LogP contribution is 2.16. The van der Waals surface area contributed by atoms with Gasteiger partial charge in [0.1, 0.15) is 0 Å². The van der Waals surface area contributed by atoms with E-state index in [1.807, 2.05) is 0 Å². The molecule has 0 unspecified atom stereocenters. The summed E-state index contributed by atoms with van der Waals surface area (Å²) in [5.74, 6) is -0.216. The summed E-state index contributed by atoms with van der Waals surface area (Å²) in [6, 6.07) is 13.8. The van der Waals surface area contributed by atoms with Crippen molar-refractivity contribution in [3.05, 3.63) is 92.9 Å². The number of hydrogen-bond donors (Lipinski definition) is 4. The van der Waals surface area contributed by atoms with E-state index in [1.165, 1.54) is 24.5 Å². The summed E-state index contributed by atoms with van der Waals surface area (Å²) in [5.41, 5.74) is 0.0257. The SMILES string of the molecule is O=C(Nc1ccc(CNS(=O)(=O)c2ccc3[nH]c(=O)c(=O)[nH]c3c2)cc1)c1ccco1. The van der Waals surface area contributed by atoms with E-state index >= 15 is 0 Å². The predicted molar refractivity (Wildman–Crippen MR) is 112 cm³/mol. The Labute approximate surface area is 175 Å². The Morgan fingerprint density at radius 1 is 0.935 bits per heavy atom. The Morgan fingerprint density at radius 2 is 1.65 bits per heavy atom. The summed E-state index contributed by atoms with van der Waals surface area (Å²) < 4.78 is 32.7. The van der Waals surface area contributed by atoms with Crippen LogP contribution in [0.2, 0.25) is 0 Å². The van der Waals surface area contributed by atoms with Crippen molar-refractivity contribution in [1.82, 2.24) is 14.7 Å². The number of aromatic amines is 2. The van der Waals surface area contributed by atoms with Crippen molar-refractivity contribution in [3.8, 4) is 0 Å². The lowest BCUT2D eigenvalue weighted by Gasteiger charge is -2.09. The second kappa shape index (κ2) is 8.05. The molecule has 4 N–H and O–H groups in total. The van der Waals surface area contributed by atoms with Gasteiger partial charge in [-0.1, -0.05) is 12.1 Å². The Balaban J connectivity index is 1.45. The van der Waals surface area contributed by atoms with Crippen LogP contribution in [0.1, 0.15) is 16.1 Å². The van der Waals surface area contributed by atoms with Crippen LogP contribution >= 0.6 is 0 Å². The van der Waals surface area contributed by atoms with Crippen molar-refractivity contribution in [3.63, 3.8) is 0 Å². The van der Waals surface area contributed by atoms with E-state index in [9.17, 15) is 22.8 Å². The number of sulfonamides is 1. The van der Waals surface area contributed by atoms with Crippen LogP contribution in [0.25, 0.3) is 11.0 Å². The van der Waals surface area contributed by atoms with Crippen molar-refractivity contribution < 1.29 is 17.6 Å². The second-order valence-electron chi connectivity index (χ2n) is 6.57. The lowest BCUT2D eigenvalue weighted by molar-refractivity contribution is 0.0996. The first kappa shape index (κ1) is 20.3. The van der Waals surface area contributed by atoms with Gasteiger partial charge in [0.15, 0.2) is 5.76 Å². The Morgan fingerprint density at radius 3 is 2.32 bits per heavy atom. The highest BCUT2D eigenvalue weighted by Gasteiger charge is 2.15. The van der Waals surface area contributed by atoms with E-state index in [4.69, 9.17) is 4.42 Å². The van der Waals surface area contributed by atoms with Crippen molar-refractivity contribution in [1.29, 1.82) is 0 Å². The number of aromatic nitrogens is 2. The maximum absolute atomic E-state index is 12.6. The van der Waals surface area contributed by atoms with Gasteiger partial charge in [-0.2, -0.15) is 0 Å². The summed E-state index contributed by atoms with van der Waals surface area (Å²) in [6.07, 6.45) is 1.40. The number of rotatable bonds is 6. The Hall–Kier alpha value is -3.96. The zero-order chi connectivity index (χ0) is 22.0. The number of anilines is 1. The third-order valence-electron chi connectivity index (χ3n) is 4.43. The first-order valence-corrected chi connectivity index (χ1v) is 10.5. The number of carbonyl (C=O) groups is 1. The number of fused-ring (bicyclic) bond motifs is 1. The Bertz CT molecular complexity index is 1470. The number of hydrogen-bond acceptors (Lipinski definition) is 6. The molecule has 0 aliphatic heterocycles. The molecule has 4 aromatic rings. The van der Waals surface area contributed by atoms with Crippen LogP contribution in [0.3, 0.4) is 0 Å². The van der Waals surface area contributed by atoms with Crippen LogP contribution in [0, 0.1) is 0 Å². The van der Waals surface area contributed by atoms with Gasteiger partial charge in [-0.05, 0) is 48.0 Å². The molecular weight excluding hydrogens is 424 g/mol. The maximum Gasteiger partial charge on any atom is 0.314 e. The molecule has 11 heteroatoms. The van der Waals surface area contributed by atoms with E-state index in [0.717, 1.165) is 0 Å². The highest BCUT2D eigenvalue weighted by atomic mass is 32.2. The lowest BCUT2D eigenvalue weighted by atomic mass is 10.2. The van der Waals surface area contributed by atoms with Crippen LogP contribution < -0.4 is 21.2 Å². The molecule has 0 fully saturated rings. The average molecular weight is 440 g/mol. The number of nitrogens with one attached hydrogen (secondary N) is 4. The summed E-state index contributed by atoms with van der Waals surface area (Å²) in [5, 5.41) is 2.67. The molecule has 10 nitrogen and oxygen atoms in total. The molecular formula is C20H16N4O6S. The quantitative estimate of drug-likeness (QED) is 0.334. The predicted octanol–water partition coefficient (Wildman–Crippen LogP) is 1.54. The zero-order valence-electron chi connectivity index (χ0n) is 15.8. The topological polar surface area (TPSA) is 154 Å². The molecule has 2 heterocycles. The van der Waals surface area contributed by atoms with Crippen molar-refractivity contribution in [2.24, 2.45) is 0 Å². The molecule has 0 bridgehead atoms. The molecule has 0 aliphatic carbocycles. The van der Waals surface area contributed by atoms with Gasteiger partial charge < -0.3 is 19.7 Å². The minimum absolute atomic E-state index is 0.00885. The standard InChI is InChI=1S/C20H16N4O6S/c25-18(17-2-1-9-30-17)22-13-5-3-12(4-6-13)11-21-31(28,29)14-7-8-15-16(10-14)24-20(27)19(26)23-15/h1-10,21H,11H2,(H,22,25)(H,23,26)(H,24,27). The Kier molecular flexibility index (Phi) is 5.28. The average Bonchev–Trinajstić information content (AvgIpc) is 3.29. The first-order chi connectivity index (χ1) is 14.8. The van der Waals surface area contributed by atoms with Crippen molar-refractivity contribution in [2.75, 3.05) is 5.32 Å².